The zero-order valence-corrected chi connectivity index (χ0v) is 21.5. The number of aryl methyl sites for hydroxylation is 1. The second kappa shape index (κ2) is 11.3. The molecule has 1 unspecified atom stereocenters. The van der Waals surface area contributed by atoms with Crippen LogP contribution in [0.1, 0.15) is 47.7 Å². The van der Waals surface area contributed by atoms with Crippen molar-refractivity contribution in [2.45, 2.75) is 57.1 Å². The van der Waals surface area contributed by atoms with Crippen LogP contribution in [0.2, 0.25) is 0 Å². The highest BCUT2D eigenvalue weighted by molar-refractivity contribution is 7.89. The number of rotatable bonds is 8. The Bertz CT molecular complexity index is 1190. The van der Waals surface area contributed by atoms with E-state index >= 15 is 0 Å². The molecule has 2 N–H and O–H groups in total. The number of nitrogens with zero attached hydrogens (tertiary/aromatic N) is 2. The summed E-state index contributed by atoms with van der Waals surface area (Å²) in [5.41, 5.74) is 0. The molecule has 0 saturated carbocycles. The van der Waals surface area contributed by atoms with E-state index in [1.54, 1.807) is 6.07 Å². The van der Waals surface area contributed by atoms with Gasteiger partial charge in [0.25, 0.3) is 5.91 Å². The van der Waals surface area contributed by atoms with Gasteiger partial charge in [-0.1, -0.05) is 13.8 Å². The standard InChI is InChI=1S/C23H30N4O6S2/c1-15(2)13-18(25-23(30)20-10-9-16(3)34-20)22(29)24-17-7-6-11-26(14-19(17)28)35(32,33)21-8-4-5-12-27(21)31/h4-5,8-10,12,15,17-18H,6-7,11,13-14H2,1-3H3,(H,24,29)(H,25,30)/t17-,18?/m1/s1. The molecule has 2 aromatic rings. The lowest BCUT2D eigenvalue weighted by molar-refractivity contribution is -0.646. The van der Waals surface area contributed by atoms with E-state index in [0.717, 1.165) is 15.4 Å². The zero-order chi connectivity index (χ0) is 25.8. The van der Waals surface area contributed by atoms with Crippen molar-refractivity contribution in [3.63, 3.8) is 0 Å². The summed E-state index contributed by atoms with van der Waals surface area (Å²) in [4.78, 5) is 40.1. The van der Waals surface area contributed by atoms with Gasteiger partial charge in [0.2, 0.25) is 5.91 Å². The molecule has 1 aliphatic rings. The van der Waals surface area contributed by atoms with Crippen LogP contribution in [0.4, 0.5) is 0 Å². The Morgan fingerprint density at radius 3 is 2.63 bits per heavy atom. The third-order valence-electron chi connectivity index (χ3n) is 5.62. The molecule has 35 heavy (non-hydrogen) atoms. The van der Waals surface area contributed by atoms with Gasteiger partial charge in [-0.05, 0) is 50.3 Å². The summed E-state index contributed by atoms with van der Waals surface area (Å²) in [5, 5.41) is 17.0. The normalized spacial score (nSPS) is 18.2. The Balaban J connectivity index is 1.70. The van der Waals surface area contributed by atoms with Crippen LogP contribution in [-0.4, -0.2) is 55.5 Å². The summed E-state index contributed by atoms with van der Waals surface area (Å²) in [5.74, 6) is -1.22. The lowest BCUT2D eigenvalue weighted by Gasteiger charge is -2.23. The minimum atomic E-state index is -4.18. The van der Waals surface area contributed by atoms with E-state index in [1.807, 2.05) is 26.8 Å². The number of Topliss-reactive ketones (excluding diaryl/α,β-unsaturated/α-hetero) is 1. The molecule has 10 nitrogen and oxygen atoms in total. The summed E-state index contributed by atoms with van der Waals surface area (Å²) in [6.45, 7) is 5.31. The Labute approximate surface area is 209 Å². The third-order valence-corrected chi connectivity index (χ3v) is 8.46. The number of carbonyl (C=O) groups excluding carboxylic acids is 3. The molecule has 0 spiro atoms. The van der Waals surface area contributed by atoms with E-state index < -0.39 is 45.4 Å². The predicted molar refractivity (Wildman–Crippen MR) is 130 cm³/mol. The number of hydrogen-bond acceptors (Lipinski definition) is 7. The average molecular weight is 523 g/mol. The molecule has 0 aromatic carbocycles. The van der Waals surface area contributed by atoms with Crippen LogP contribution in [0.5, 0.6) is 0 Å². The van der Waals surface area contributed by atoms with Crippen LogP contribution in [0, 0.1) is 18.0 Å². The van der Waals surface area contributed by atoms with Crippen molar-refractivity contribution in [2.75, 3.05) is 13.1 Å². The zero-order valence-electron chi connectivity index (χ0n) is 19.9. The summed E-state index contributed by atoms with van der Waals surface area (Å²) in [6.07, 6.45) is 2.02. The summed E-state index contributed by atoms with van der Waals surface area (Å²) in [6, 6.07) is 5.82. The highest BCUT2D eigenvalue weighted by Gasteiger charge is 2.37. The Morgan fingerprint density at radius 2 is 2.00 bits per heavy atom. The van der Waals surface area contributed by atoms with Crippen LogP contribution in [0.3, 0.4) is 0 Å². The molecule has 3 heterocycles. The highest BCUT2D eigenvalue weighted by Crippen LogP contribution is 2.18. The van der Waals surface area contributed by atoms with E-state index in [4.69, 9.17) is 0 Å². The molecule has 2 atom stereocenters. The van der Waals surface area contributed by atoms with Gasteiger partial charge in [0.15, 0.2) is 12.0 Å². The molecule has 2 amide bonds. The van der Waals surface area contributed by atoms with Gasteiger partial charge in [0.05, 0.1) is 17.5 Å². The van der Waals surface area contributed by atoms with Crippen LogP contribution >= 0.6 is 11.3 Å². The van der Waals surface area contributed by atoms with E-state index in [9.17, 15) is 28.0 Å². The topological polar surface area (TPSA) is 140 Å². The lowest BCUT2D eigenvalue weighted by atomic mass is 10.0. The second-order valence-electron chi connectivity index (χ2n) is 8.94. The molecule has 0 radical (unpaired) electrons. The summed E-state index contributed by atoms with van der Waals surface area (Å²) < 4.78 is 27.1. The van der Waals surface area contributed by atoms with Gasteiger partial charge in [-0.3, -0.25) is 14.4 Å². The van der Waals surface area contributed by atoms with E-state index in [-0.39, 0.29) is 29.5 Å². The molecule has 2 aromatic heterocycles. The van der Waals surface area contributed by atoms with Crippen molar-refractivity contribution in [2.24, 2.45) is 5.92 Å². The summed E-state index contributed by atoms with van der Waals surface area (Å²) >= 11 is 1.32. The van der Waals surface area contributed by atoms with Crippen LogP contribution in [-0.2, 0) is 19.6 Å². The molecule has 1 fully saturated rings. The first-order valence-electron chi connectivity index (χ1n) is 11.4. The molecular weight excluding hydrogens is 492 g/mol. The minimum absolute atomic E-state index is 0.0409. The molecule has 1 saturated heterocycles. The molecule has 3 rings (SSSR count). The molecule has 0 aliphatic carbocycles. The quantitative estimate of drug-likeness (QED) is 0.397. The average Bonchev–Trinajstić information content (AvgIpc) is 3.14. The number of aromatic nitrogens is 1. The lowest BCUT2D eigenvalue weighted by Crippen LogP contribution is -2.52. The van der Waals surface area contributed by atoms with E-state index in [1.165, 1.54) is 29.5 Å². The fourth-order valence-corrected chi connectivity index (χ4v) is 6.10. The van der Waals surface area contributed by atoms with E-state index in [2.05, 4.69) is 10.6 Å². The fraction of sp³-hybridized carbons (Fsp3) is 0.478. The number of pyridine rings is 1. The van der Waals surface area contributed by atoms with E-state index in [0.29, 0.717) is 17.7 Å². The molecule has 0 bridgehead atoms. The number of nitrogens with one attached hydrogen (secondary N) is 2. The fourth-order valence-electron chi connectivity index (χ4n) is 3.86. The number of ketones is 1. The number of thiophene rings is 1. The van der Waals surface area contributed by atoms with Gasteiger partial charge in [0.1, 0.15) is 6.04 Å². The number of amides is 2. The maximum atomic E-state index is 13.1. The number of carbonyl (C=O) groups is 3. The van der Waals surface area contributed by atoms with Crippen LogP contribution in [0.15, 0.2) is 41.6 Å². The van der Waals surface area contributed by atoms with Gasteiger partial charge in [-0.15, -0.1) is 11.3 Å². The molecule has 1 aliphatic heterocycles. The Hall–Kier alpha value is -2.83. The van der Waals surface area contributed by atoms with Gasteiger partial charge in [0, 0.05) is 23.6 Å². The first-order valence-corrected chi connectivity index (χ1v) is 13.6. The van der Waals surface area contributed by atoms with Gasteiger partial charge >= 0.3 is 15.0 Å². The molecule has 190 valence electrons. The molecule has 12 heteroatoms. The summed E-state index contributed by atoms with van der Waals surface area (Å²) in [7, 11) is -4.18. The minimum Gasteiger partial charge on any atom is -0.618 e. The van der Waals surface area contributed by atoms with Crippen molar-refractivity contribution in [1.29, 1.82) is 0 Å². The van der Waals surface area contributed by atoms with Gasteiger partial charge < -0.3 is 15.8 Å². The monoisotopic (exact) mass is 522 g/mol. The maximum Gasteiger partial charge on any atom is 0.323 e. The first kappa shape index (κ1) is 26.8. The van der Waals surface area contributed by atoms with Gasteiger partial charge in [-0.2, -0.15) is 9.04 Å². The number of sulfonamides is 1. The maximum absolute atomic E-state index is 13.1. The Morgan fingerprint density at radius 1 is 1.26 bits per heavy atom. The van der Waals surface area contributed by atoms with Crippen LogP contribution in [0.25, 0.3) is 0 Å². The van der Waals surface area contributed by atoms with Gasteiger partial charge in [-0.25, -0.2) is 8.42 Å². The van der Waals surface area contributed by atoms with Crippen molar-refractivity contribution in [3.05, 3.63) is 51.5 Å². The largest absolute Gasteiger partial charge is 0.618 e. The highest BCUT2D eigenvalue weighted by atomic mass is 32.2. The molecular formula is C23H30N4O6S2. The third kappa shape index (κ3) is 6.65. The predicted octanol–water partition coefficient (Wildman–Crippen LogP) is 1.37. The second-order valence-corrected chi connectivity index (χ2v) is 12.1. The number of hydrogen-bond donors (Lipinski definition) is 2. The first-order chi connectivity index (χ1) is 16.5. The smallest absolute Gasteiger partial charge is 0.323 e. The van der Waals surface area contributed by atoms with Crippen LogP contribution < -0.4 is 15.4 Å². The van der Waals surface area contributed by atoms with Crippen molar-refractivity contribution < 1.29 is 27.5 Å². The van der Waals surface area contributed by atoms with Crippen molar-refractivity contribution >= 4 is 39.0 Å². The van der Waals surface area contributed by atoms with Crippen molar-refractivity contribution in [1.82, 2.24) is 14.9 Å². The Kier molecular flexibility index (Phi) is 8.62. The SMILES string of the molecule is Cc1ccc(C(=O)NC(CC(C)C)C(=O)N[C@@H]2CCCN(S(=O)(=O)c3cccc[n+]3[O-])CC2=O)s1. The van der Waals surface area contributed by atoms with Crippen molar-refractivity contribution in [3.8, 4) is 0 Å².